The molecule has 43 heavy (non-hydrogen) atoms. The number of sulfone groups is 1. The number of para-hydroxylation sites is 1. The van der Waals surface area contributed by atoms with Gasteiger partial charge in [0.2, 0.25) is 0 Å². The zero-order chi connectivity index (χ0) is 31.4. The number of anilines is 3. The van der Waals surface area contributed by atoms with E-state index in [1.165, 1.54) is 25.3 Å². The molecule has 0 aliphatic carbocycles. The van der Waals surface area contributed by atoms with Crippen LogP contribution in [0.4, 0.5) is 28.7 Å². The van der Waals surface area contributed by atoms with Gasteiger partial charge in [-0.15, -0.1) is 10.2 Å². The lowest BCUT2D eigenvalue weighted by molar-refractivity contribution is 0.167. The first kappa shape index (κ1) is 33.4. The zero-order valence-corrected chi connectivity index (χ0v) is 25.2. The minimum absolute atomic E-state index is 0.00284. The Hall–Kier alpha value is -4.13. The lowest BCUT2D eigenvalue weighted by Gasteiger charge is -2.20. The van der Waals surface area contributed by atoms with Crippen LogP contribution in [0, 0.1) is 18.3 Å². The number of rotatable bonds is 16. The van der Waals surface area contributed by atoms with E-state index >= 15 is 0 Å². The number of methoxy groups -OCH3 is 1. The second-order valence-electron chi connectivity index (χ2n) is 9.63. The van der Waals surface area contributed by atoms with Crippen LogP contribution in [0.15, 0.2) is 63.7 Å². The Balaban J connectivity index is 2.04. The molecular formula is C29H37N7O6S. The van der Waals surface area contributed by atoms with E-state index in [0.717, 1.165) is 0 Å². The van der Waals surface area contributed by atoms with Crippen LogP contribution in [0.5, 0.6) is 5.75 Å². The Morgan fingerprint density at radius 3 is 2.37 bits per heavy atom. The van der Waals surface area contributed by atoms with Crippen molar-refractivity contribution in [2.24, 2.45) is 10.2 Å². The Morgan fingerprint density at radius 2 is 1.77 bits per heavy atom. The first-order valence-corrected chi connectivity index (χ1v) is 15.2. The average Bonchev–Trinajstić information content (AvgIpc) is 2.99. The number of aromatic nitrogens is 1. The van der Waals surface area contributed by atoms with Crippen molar-refractivity contribution in [1.29, 1.82) is 5.26 Å². The standard InChI is InChI=1S/C29H37N7O6S/c1-20(39)19-31-28-24(18-30)21(2)27(29(33-28)32-22-7-5-4-6-8-22)35-34-25-17-23(9-10-26(25)42-3)43(40,41)16-13-36(11-14-37)12-15-38/h4-10,17,20,37-39H,11-16,19H2,1-3H3,(H2,31,32,33). The fraction of sp³-hybridized carbons (Fsp3) is 0.379. The molecule has 2 aromatic carbocycles. The molecule has 0 fully saturated rings. The van der Waals surface area contributed by atoms with Crippen LogP contribution in [0.3, 0.4) is 0 Å². The minimum atomic E-state index is -3.77. The number of benzene rings is 2. The number of nitriles is 1. The summed E-state index contributed by atoms with van der Waals surface area (Å²) in [7, 11) is -2.34. The number of hydrogen-bond donors (Lipinski definition) is 5. The van der Waals surface area contributed by atoms with Crippen LogP contribution < -0.4 is 15.4 Å². The normalized spacial score (nSPS) is 12.3. The van der Waals surface area contributed by atoms with E-state index in [2.05, 4.69) is 31.9 Å². The minimum Gasteiger partial charge on any atom is -0.494 e. The zero-order valence-electron chi connectivity index (χ0n) is 24.4. The molecule has 13 nitrogen and oxygen atoms in total. The highest BCUT2D eigenvalue weighted by Crippen LogP contribution is 2.38. The van der Waals surface area contributed by atoms with Crippen molar-refractivity contribution in [3.8, 4) is 11.8 Å². The van der Waals surface area contributed by atoms with Gasteiger partial charge in [0.1, 0.15) is 29.0 Å². The third kappa shape index (κ3) is 9.18. The van der Waals surface area contributed by atoms with Crippen molar-refractivity contribution >= 4 is 38.5 Å². The van der Waals surface area contributed by atoms with Crippen molar-refractivity contribution < 1.29 is 28.5 Å². The summed E-state index contributed by atoms with van der Waals surface area (Å²) in [5.41, 5.74) is 1.78. The second-order valence-corrected chi connectivity index (χ2v) is 11.7. The number of aliphatic hydroxyl groups excluding tert-OH is 3. The summed E-state index contributed by atoms with van der Waals surface area (Å²) in [6.45, 7) is 3.76. The summed E-state index contributed by atoms with van der Waals surface area (Å²) in [6, 6.07) is 15.6. The van der Waals surface area contributed by atoms with Crippen LogP contribution in [0.25, 0.3) is 0 Å². The number of hydrogen-bond acceptors (Lipinski definition) is 13. The molecule has 3 aromatic rings. The van der Waals surface area contributed by atoms with E-state index in [9.17, 15) is 29.0 Å². The Bertz CT molecular complexity index is 1540. The Kier molecular flexibility index (Phi) is 12.4. The molecule has 0 saturated heterocycles. The molecule has 5 N–H and O–H groups in total. The third-order valence-corrected chi connectivity index (χ3v) is 8.10. The second kappa shape index (κ2) is 15.9. The molecule has 3 rings (SSSR count). The van der Waals surface area contributed by atoms with Gasteiger partial charge in [-0.05, 0) is 44.2 Å². The topological polar surface area (TPSA) is 193 Å². The maximum absolute atomic E-state index is 13.2. The highest BCUT2D eigenvalue weighted by Gasteiger charge is 2.21. The molecule has 1 aromatic heterocycles. The number of nitrogens with one attached hydrogen (secondary N) is 2. The lowest BCUT2D eigenvalue weighted by atomic mass is 10.1. The van der Waals surface area contributed by atoms with E-state index < -0.39 is 15.9 Å². The van der Waals surface area contributed by atoms with Crippen molar-refractivity contribution in [3.63, 3.8) is 0 Å². The Morgan fingerprint density at radius 1 is 1.07 bits per heavy atom. The lowest BCUT2D eigenvalue weighted by Crippen LogP contribution is -2.34. The van der Waals surface area contributed by atoms with Crippen LogP contribution >= 0.6 is 0 Å². The van der Waals surface area contributed by atoms with Crippen LogP contribution in [0.1, 0.15) is 18.1 Å². The molecular weight excluding hydrogens is 574 g/mol. The molecule has 0 bridgehead atoms. The molecule has 1 unspecified atom stereocenters. The highest BCUT2D eigenvalue weighted by molar-refractivity contribution is 7.91. The maximum Gasteiger partial charge on any atom is 0.179 e. The summed E-state index contributed by atoms with van der Waals surface area (Å²) in [5, 5.41) is 53.0. The summed E-state index contributed by atoms with van der Waals surface area (Å²) >= 11 is 0. The van der Waals surface area contributed by atoms with E-state index in [0.29, 0.717) is 11.3 Å². The van der Waals surface area contributed by atoms with Gasteiger partial charge in [0.25, 0.3) is 0 Å². The predicted molar refractivity (Wildman–Crippen MR) is 163 cm³/mol. The van der Waals surface area contributed by atoms with Gasteiger partial charge in [-0.2, -0.15) is 5.26 Å². The van der Waals surface area contributed by atoms with Gasteiger partial charge in [-0.1, -0.05) is 18.2 Å². The Labute approximate surface area is 251 Å². The smallest absolute Gasteiger partial charge is 0.179 e. The molecule has 1 heterocycles. The summed E-state index contributed by atoms with van der Waals surface area (Å²) in [6.07, 6.45) is -0.679. The van der Waals surface area contributed by atoms with Gasteiger partial charge in [-0.25, -0.2) is 13.4 Å². The first-order chi connectivity index (χ1) is 20.6. The molecule has 230 valence electrons. The molecule has 0 saturated carbocycles. The van der Waals surface area contributed by atoms with Gasteiger partial charge in [0.15, 0.2) is 15.7 Å². The van der Waals surface area contributed by atoms with E-state index in [1.54, 1.807) is 18.7 Å². The summed E-state index contributed by atoms with van der Waals surface area (Å²) < 4.78 is 31.7. The largest absolute Gasteiger partial charge is 0.494 e. The van der Waals surface area contributed by atoms with Crippen molar-refractivity contribution in [2.45, 2.75) is 24.8 Å². The van der Waals surface area contributed by atoms with Crippen molar-refractivity contribution in [1.82, 2.24) is 9.88 Å². The first-order valence-electron chi connectivity index (χ1n) is 13.6. The van der Waals surface area contributed by atoms with Gasteiger partial charge < -0.3 is 30.7 Å². The van der Waals surface area contributed by atoms with Gasteiger partial charge in [-0.3, -0.25) is 4.90 Å². The highest BCUT2D eigenvalue weighted by atomic mass is 32.2. The molecule has 0 aliphatic rings. The molecule has 1 atom stereocenters. The predicted octanol–water partition coefficient (Wildman–Crippen LogP) is 3.28. The third-order valence-electron chi connectivity index (χ3n) is 6.40. The fourth-order valence-corrected chi connectivity index (χ4v) is 5.40. The number of ether oxygens (including phenoxy) is 1. The van der Waals surface area contributed by atoms with Gasteiger partial charge >= 0.3 is 0 Å². The van der Waals surface area contributed by atoms with Crippen LogP contribution in [-0.2, 0) is 9.84 Å². The molecule has 0 aliphatic heterocycles. The number of nitrogens with zero attached hydrogens (tertiary/aromatic N) is 5. The van der Waals surface area contributed by atoms with Gasteiger partial charge in [0, 0.05) is 37.4 Å². The molecule has 0 amide bonds. The monoisotopic (exact) mass is 611 g/mol. The van der Waals surface area contributed by atoms with Crippen molar-refractivity contribution in [2.75, 3.05) is 62.9 Å². The van der Waals surface area contributed by atoms with Crippen LogP contribution in [0.2, 0.25) is 0 Å². The molecule has 0 radical (unpaired) electrons. The van der Waals surface area contributed by atoms with E-state index in [4.69, 9.17) is 4.74 Å². The van der Waals surface area contributed by atoms with Gasteiger partial charge in [0.05, 0.1) is 42.6 Å². The number of aliphatic hydroxyl groups is 3. The quantitative estimate of drug-likeness (QED) is 0.149. The molecule has 0 spiro atoms. The number of pyridine rings is 1. The van der Waals surface area contributed by atoms with Crippen molar-refractivity contribution in [3.05, 3.63) is 59.7 Å². The fourth-order valence-electron chi connectivity index (χ4n) is 4.10. The van der Waals surface area contributed by atoms with E-state index in [-0.39, 0.29) is 84.4 Å². The number of azo groups is 1. The summed E-state index contributed by atoms with van der Waals surface area (Å²) in [5.74, 6) is 0.593. The average molecular weight is 612 g/mol. The van der Waals surface area contributed by atoms with E-state index in [1.807, 2.05) is 30.3 Å². The maximum atomic E-state index is 13.2. The molecule has 14 heteroatoms. The van der Waals surface area contributed by atoms with Crippen LogP contribution in [-0.4, -0.2) is 92.0 Å². The SMILES string of the molecule is COc1ccc(S(=O)(=O)CCN(CCO)CCO)cc1N=Nc1c(Nc2ccccc2)nc(NCC(C)O)c(C#N)c1C. The summed E-state index contributed by atoms with van der Waals surface area (Å²) in [4.78, 5) is 6.24.